The van der Waals surface area contributed by atoms with E-state index in [1.165, 1.54) is 25.8 Å². The molecule has 0 amide bonds. The van der Waals surface area contributed by atoms with Gasteiger partial charge < -0.3 is 10.1 Å². The summed E-state index contributed by atoms with van der Waals surface area (Å²) in [6.45, 7) is 15.7. The minimum Gasteiger partial charge on any atom is -0.376 e. The van der Waals surface area contributed by atoms with Crippen molar-refractivity contribution in [3.63, 3.8) is 0 Å². The van der Waals surface area contributed by atoms with Crippen LogP contribution in [-0.4, -0.2) is 50.3 Å². The maximum atomic E-state index is 5.62. The van der Waals surface area contributed by atoms with Crippen molar-refractivity contribution in [2.75, 3.05) is 39.3 Å². The average Bonchev–Trinajstić information content (AvgIpc) is 2.29. The number of ether oxygens (including phenoxy) is 1. The van der Waals surface area contributed by atoms with Crippen LogP contribution in [0.4, 0.5) is 0 Å². The molecule has 0 aromatic rings. The van der Waals surface area contributed by atoms with Crippen molar-refractivity contribution in [1.82, 2.24) is 10.2 Å². The van der Waals surface area contributed by atoms with Crippen LogP contribution in [0.1, 0.15) is 47.0 Å². The summed E-state index contributed by atoms with van der Waals surface area (Å²) in [6, 6.07) is 0. The quantitative estimate of drug-likeness (QED) is 0.675. The lowest BCUT2D eigenvalue weighted by molar-refractivity contribution is -0.0315. The van der Waals surface area contributed by atoms with Crippen LogP contribution in [0.3, 0.4) is 0 Å². The molecule has 1 aliphatic heterocycles. The van der Waals surface area contributed by atoms with E-state index in [9.17, 15) is 0 Å². The monoisotopic (exact) mass is 256 g/mol. The van der Waals surface area contributed by atoms with Crippen molar-refractivity contribution in [1.29, 1.82) is 0 Å². The maximum Gasteiger partial charge on any atom is 0.0674 e. The van der Waals surface area contributed by atoms with Gasteiger partial charge in [-0.1, -0.05) is 27.2 Å². The molecule has 108 valence electrons. The lowest BCUT2D eigenvalue weighted by Crippen LogP contribution is -2.48. The molecule has 3 heteroatoms. The van der Waals surface area contributed by atoms with Gasteiger partial charge in [-0.15, -0.1) is 0 Å². The fraction of sp³-hybridized carbons (Fsp3) is 1.00. The molecule has 0 radical (unpaired) electrons. The van der Waals surface area contributed by atoms with E-state index in [1.54, 1.807) is 0 Å². The largest absolute Gasteiger partial charge is 0.376 e. The molecule has 1 heterocycles. The second-order valence-corrected chi connectivity index (χ2v) is 6.15. The summed E-state index contributed by atoms with van der Waals surface area (Å²) in [5.74, 6) is 0. The average molecular weight is 256 g/mol. The van der Waals surface area contributed by atoms with Crippen LogP contribution in [0, 0.1) is 5.41 Å². The minimum absolute atomic E-state index is 0.397. The molecule has 0 bridgehead atoms. The molecule has 1 aliphatic rings. The van der Waals surface area contributed by atoms with Gasteiger partial charge in [-0.2, -0.15) is 0 Å². The molecular weight excluding hydrogens is 224 g/mol. The number of hydrogen-bond donors (Lipinski definition) is 1. The highest BCUT2D eigenvalue weighted by atomic mass is 16.5. The van der Waals surface area contributed by atoms with Crippen LogP contribution < -0.4 is 5.32 Å². The van der Waals surface area contributed by atoms with Gasteiger partial charge in [0.1, 0.15) is 0 Å². The third kappa shape index (κ3) is 5.68. The van der Waals surface area contributed by atoms with Gasteiger partial charge in [0.2, 0.25) is 0 Å². The van der Waals surface area contributed by atoms with Gasteiger partial charge in [-0.3, -0.25) is 4.90 Å². The van der Waals surface area contributed by atoms with Crippen LogP contribution >= 0.6 is 0 Å². The summed E-state index contributed by atoms with van der Waals surface area (Å²) < 4.78 is 5.62. The second-order valence-electron chi connectivity index (χ2n) is 6.15. The van der Waals surface area contributed by atoms with Gasteiger partial charge in [-0.05, 0) is 31.7 Å². The molecule has 0 saturated carbocycles. The van der Waals surface area contributed by atoms with Crippen molar-refractivity contribution in [2.45, 2.75) is 53.1 Å². The zero-order chi connectivity index (χ0) is 13.4. The summed E-state index contributed by atoms with van der Waals surface area (Å²) in [5, 5.41) is 3.60. The van der Waals surface area contributed by atoms with Gasteiger partial charge in [0, 0.05) is 26.2 Å². The first-order chi connectivity index (χ1) is 8.59. The number of nitrogens with zero attached hydrogens (tertiary/aromatic N) is 1. The van der Waals surface area contributed by atoms with E-state index in [0.717, 1.165) is 32.8 Å². The van der Waals surface area contributed by atoms with Crippen molar-refractivity contribution in [3.8, 4) is 0 Å². The molecule has 0 spiro atoms. The Morgan fingerprint density at radius 3 is 2.72 bits per heavy atom. The molecule has 1 rings (SSSR count). The first-order valence-corrected chi connectivity index (χ1v) is 7.64. The van der Waals surface area contributed by atoms with E-state index in [0.29, 0.717) is 11.5 Å². The Hall–Kier alpha value is -0.120. The molecular formula is C15H32N2O. The molecule has 1 fully saturated rings. The van der Waals surface area contributed by atoms with E-state index in [-0.39, 0.29) is 0 Å². The maximum absolute atomic E-state index is 5.62. The molecule has 2 unspecified atom stereocenters. The zero-order valence-corrected chi connectivity index (χ0v) is 12.8. The highest BCUT2D eigenvalue weighted by Crippen LogP contribution is 2.25. The minimum atomic E-state index is 0.397. The third-order valence-electron chi connectivity index (χ3n) is 3.76. The van der Waals surface area contributed by atoms with E-state index in [4.69, 9.17) is 4.74 Å². The normalized spacial score (nSPS) is 25.0. The van der Waals surface area contributed by atoms with Crippen LogP contribution in [0.15, 0.2) is 0 Å². The van der Waals surface area contributed by atoms with Crippen LogP contribution in [-0.2, 0) is 4.74 Å². The molecule has 0 aliphatic carbocycles. The van der Waals surface area contributed by atoms with E-state index >= 15 is 0 Å². The Bertz CT molecular complexity index is 223. The first-order valence-electron chi connectivity index (χ1n) is 7.64. The van der Waals surface area contributed by atoms with E-state index < -0.39 is 0 Å². The number of hydrogen-bond acceptors (Lipinski definition) is 3. The first kappa shape index (κ1) is 15.9. The Labute approximate surface area is 113 Å². The van der Waals surface area contributed by atoms with Crippen LogP contribution in [0.2, 0.25) is 0 Å². The van der Waals surface area contributed by atoms with Gasteiger partial charge in [0.25, 0.3) is 0 Å². The summed E-state index contributed by atoms with van der Waals surface area (Å²) >= 11 is 0. The lowest BCUT2D eigenvalue weighted by Gasteiger charge is -2.39. The fourth-order valence-corrected chi connectivity index (χ4v) is 2.97. The zero-order valence-electron chi connectivity index (χ0n) is 12.8. The summed E-state index contributed by atoms with van der Waals surface area (Å²) in [5.41, 5.74) is 0.404. The molecule has 1 N–H and O–H groups in total. The van der Waals surface area contributed by atoms with Crippen molar-refractivity contribution in [2.24, 2.45) is 5.41 Å². The number of nitrogens with one attached hydrogen (secondary N) is 1. The Balaban J connectivity index is 2.43. The molecule has 18 heavy (non-hydrogen) atoms. The van der Waals surface area contributed by atoms with E-state index in [2.05, 4.69) is 37.9 Å². The highest BCUT2D eigenvalue weighted by molar-refractivity contribution is 4.82. The van der Waals surface area contributed by atoms with Crippen LogP contribution in [0.25, 0.3) is 0 Å². The summed E-state index contributed by atoms with van der Waals surface area (Å²) in [6.07, 6.45) is 4.18. The highest BCUT2D eigenvalue weighted by Gasteiger charge is 2.28. The van der Waals surface area contributed by atoms with Crippen molar-refractivity contribution in [3.05, 3.63) is 0 Å². The predicted octanol–water partition coefficient (Wildman–Crippen LogP) is 2.51. The SMILES string of the molecule is CCCNCC(C)(CCC)CN1CCOC(C)C1. The summed E-state index contributed by atoms with van der Waals surface area (Å²) in [7, 11) is 0. The van der Waals surface area contributed by atoms with Gasteiger partial charge in [0.15, 0.2) is 0 Å². The Morgan fingerprint density at radius 1 is 1.33 bits per heavy atom. The third-order valence-corrected chi connectivity index (χ3v) is 3.76. The second kappa shape index (κ2) is 8.13. The topological polar surface area (TPSA) is 24.5 Å². The molecule has 0 aromatic heterocycles. The predicted molar refractivity (Wildman–Crippen MR) is 78.0 cm³/mol. The Morgan fingerprint density at radius 2 is 2.11 bits per heavy atom. The molecule has 2 atom stereocenters. The molecule has 3 nitrogen and oxygen atoms in total. The number of rotatable bonds is 8. The standard InChI is InChI=1S/C15H32N2O/c1-5-7-15(4,12-16-8-6-2)13-17-9-10-18-14(3)11-17/h14,16H,5-13H2,1-4H3. The van der Waals surface area contributed by atoms with Gasteiger partial charge in [0.05, 0.1) is 12.7 Å². The lowest BCUT2D eigenvalue weighted by atomic mass is 9.84. The smallest absolute Gasteiger partial charge is 0.0674 e. The van der Waals surface area contributed by atoms with Crippen molar-refractivity contribution >= 4 is 0 Å². The van der Waals surface area contributed by atoms with Crippen molar-refractivity contribution < 1.29 is 4.74 Å². The van der Waals surface area contributed by atoms with Gasteiger partial charge >= 0.3 is 0 Å². The van der Waals surface area contributed by atoms with E-state index in [1.807, 2.05) is 0 Å². The fourth-order valence-electron chi connectivity index (χ4n) is 2.97. The molecule has 0 aromatic carbocycles. The Kier molecular flexibility index (Phi) is 7.20. The van der Waals surface area contributed by atoms with Crippen LogP contribution in [0.5, 0.6) is 0 Å². The number of morpholine rings is 1. The molecule has 1 saturated heterocycles. The summed E-state index contributed by atoms with van der Waals surface area (Å²) in [4.78, 5) is 2.58. The van der Waals surface area contributed by atoms with Gasteiger partial charge in [-0.25, -0.2) is 0 Å².